The maximum absolute atomic E-state index is 4.50. The van der Waals surface area contributed by atoms with E-state index < -0.39 is 0 Å². The van der Waals surface area contributed by atoms with Crippen molar-refractivity contribution in [2.75, 3.05) is 13.1 Å². The van der Waals surface area contributed by atoms with Crippen LogP contribution in [-0.4, -0.2) is 38.8 Å². The summed E-state index contributed by atoms with van der Waals surface area (Å²) in [5, 5.41) is 8.40. The van der Waals surface area contributed by atoms with Crippen LogP contribution in [0.25, 0.3) is 0 Å². The number of hydrogen-bond donors (Lipinski definition) is 1. The number of aromatic nitrogens is 2. The summed E-state index contributed by atoms with van der Waals surface area (Å²) in [5.74, 6) is 0. The minimum atomic E-state index is 0.209. The second-order valence-corrected chi connectivity index (χ2v) is 7.76. The predicted molar refractivity (Wildman–Crippen MR) is 86.3 cm³/mol. The van der Waals surface area contributed by atoms with Gasteiger partial charge in [-0.15, -0.1) is 0 Å². The summed E-state index contributed by atoms with van der Waals surface area (Å²) in [7, 11) is 2.06. The van der Waals surface area contributed by atoms with Crippen molar-refractivity contribution in [1.29, 1.82) is 0 Å². The van der Waals surface area contributed by atoms with E-state index in [9.17, 15) is 0 Å². The molecule has 118 valence electrons. The lowest BCUT2D eigenvalue weighted by Crippen LogP contribution is -2.68. The summed E-state index contributed by atoms with van der Waals surface area (Å²) in [6.07, 6.45) is 6.85. The molecule has 1 aliphatic carbocycles. The lowest BCUT2D eigenvalue weighted by molar-refractivity contribution is 0.00338. The Morgan fingerprint density at radius 1 is 1.24 bits per heavy atom. The van der Waals surface area contributed by atoms with Gasteiger partial charge in [-0.1, -0.05) is 19.3 Å². The molecule has 0 amide bonds. The van der Waals surface area contributed by atoms with E-state index in [1.165, 1.54) is 44.3 Å². The van der Waals surface area contributed by atoms with Crippen molar-refractivity contribution in [2.24, 2.45) is 7.05 Å². The fourth-order valence-corrected chi connectivity index (χ4v) is 3.99. The summed E-state index contributed by atoms with van der Waals surface area (Å²) in [5.41, 5.74) is 3.02. The second kappa shape index (κ2) is 5.40. The molecule has 1 aromatic heterocycles. The Kier molecular flexibility index (Phi) is 3.87. The van der Waals surface area contributed by atoms with Crippen LogP contribution in [0.5, 0.6) is 0 Å². The zero-order valence-electron chi connectivity index (χ0n) is 14.1. The van der Waals surface area contributed by atoms with E-state index >= 15 is 0 Å². The number of hydrogen-bond acceptors (Lipinski definition) is 3. The first-order valence-electron chi connectivity index (χ1n) is 8.40. The fraction of sp³-hybridized carbons (Fsp3) is 0.824. The third-order valence-electron chi connectivity index (χ3n) is 5.51. The summed E-state index contributed by atoms with van der Waals surface area (Å²) in [6.45, 7) is 10.1. The van der Waals surface area contributed by atoms with E-state index in [4.69, 9.17) is 0 Å². The quantitative estimate of drug-likeness (QED) is 0.909. The maximum atomic E-state index is 4.50. The summed E-state index contributed by atoms with van der Waals surface area (Å²) >= 11 is 0. The highest BCUT2D eigenvalue weighted by atomic mass is 15.3. The molecule has 2 fully saturated rings. The second-order valence-electron chi connectivity index (χ2n) is 7.76. The zero-order chi connectivity index (χ0) is 15.1. The molecule has 1 aromatic rings. The first-order valence-corrected chi connectivity index (χ1v) is 8.40. The van der Waals surface area contributed by atoms with Crippen molar-refractivity contribution in [3.8, 4) is 0 Å². The third-order valence-corrected chi connectivity index (χ3v) is 5.51. The minimum Gasteiger partial charge on any atom is -0.308 e. The SMILES string of the molecule is Cc1cc(CN2CC3(CCCCC3)NCC2(C)C)n(C)n1. The van der Waals surface area contributed by atoms with Crippen LogP contribution < -0.4 is 5.32 Å². The Bertz CT molecular complexity index is 497. The Hall–Kier alpha value is -0.870. The topological polar surface area (TPSA) is 33.1 Å². The molecule has 0 radical (unpaired) electrons. The average Bonchev–Trinajstić information content (AvgIpc) is 2.74. The van der Waals surface area contributed by atoms with Gasteiger partial charge in [-0.3, -0.25) is 9.58 Å². The lowest BCUT2D eigenvalue weighted by atomic mass is 9.77. The molecule has 1 saturated carbocycles. The van der Waals surface area contributed by atoms with Crippen LogP contribution in [0.4, 0.5) is 0 Å². The molecule has 0 bridgehead atoms. The van der Waals surface area contributed by atoms with E-state index in [0.29, 0.717) is 5.54 Å². The van der Waals surface area contributed by atoms with Crippen LogP contribution >= 0.6 is 0 Å². The van der Waals surface area contributed by atoms with Gasteiger partial charge in [0.15, 0.2) is 0 Å². The standard InChI is InChI=1S/C17H30N4/c1-14-10-15(20(4)19-14)11-21-13-17(8-6-5-7-9-17)18-12-16(21,2)3/h10,18H,5-9,11-13H2,1-4H3. The van der Waals surface area contributed by atoms with Crippen LogP contribution in [0, 0.1) is 6.92 Å². The van der Waals surface area contributed by atoms with Crippen molar-refractivity contribution < 1.29 is 0 Å². The highest BCUT2D eigenvalue weighted by Crippen LogP contribution is 2.35. The van der Waals surface area contributed by atoms with Gasteiger partial charge < -0.3 is 5.32 Å². The smallest absolute Gasteiger partial charge is 0.0597 e. The van der Waals surface area contributed by atoms with E-state index in [2.05, 4.69) is 49.2 Å². The molecule has 0 aromatic carbocycles. The molecule has 4 nitrogen and oxygen atoms in total. The van der Waals surface area contributed by atoms with E-state index in [1.807, 2.05) is 4.68 Å². The molecule has 2 heterocycles. The summed E-state index contributed by atoms with van der Waals surface area (Å²) in [4.78, 5) is 2.67. The molecule has 3 rings (SSSR count). The van der Waals surface area contributed by atoms with E-state index in [0.717, 1.165) is 18.8 Å². The Balaban J connectivity index is 1.78. The average molecular weight is 290 g/mol. The number of rotatable bonds is 2. The van der Waals surface area contributed by atoms with Crippen LogP contribution in [-0.2, 0) is 13.6 Å². The van der Waals surface area contributed by atoms with Crippen LogP contribution in [0.3, 0.4) is 0 Å². The molecule has 4 heteroatoms. The molecule has 1 aliphatic heterocycles. The van der Waals surface area contributed by atoms with Gasteiger partial charge in [0.25, 0.3) is 0 Å². The van der Waals surface area contributed by atoms with Gasteiger partial charge in [0, 0.05) is 37.8 Å². The van der Waals surface area contributed by atoms with Gasteiger partial charge in [-0.2, -0.15) is 5.10 Å². The van der Waals surface area contributed by atoms with Gasteiger partial charge >= 0.3 is 0 Å². The Morgan fingerprint density at radius 3 is 2.57 bits per heavy atom. The molecular formula is C17H30N4. The molecule has 1 spiro atoms. The van der Waals surface area contributed by atoms with Gasteiger partial charge in [0.2, 0.25) is 0 Å². The predicted octanol–water partition coefficient (Wildman–Crippen LogP) is 2.62. The highest BCUT2D eigenvalue weighted by molar-refractivity contribution is 5.11. The van der Waals surface area contributed by atoms with Gasteiger partial charge in [-0.05, 0) is 39.7 Å². The summed E-state index contributed by atoms with van der Waals surface area (Å²) in [6, 6.07) is 2.23. The molecule has 2 aliphatic rings. The van der Waals surface area contributed by atoms with Crippen molar-refractivity contribution in [2.45, 2.75) is 70.5 Å². The van der Waals surface area contributed by atoms with Crippen LogP contribution in [0.1, 0.15) is 57.3 Å². The summed E-state index contributed by atoms with van der Waals surface area (Å²) < 4.78 is 2.04. The minimum absolute atomic E-state index is 0.209. The zero-order valence-corrected chi connectivity index (χ0v) is 14.1. The number of nitrogens with zero attached hydrogens (tertiary/aromatic N) is 3. The van der Waals surface area contributed by atoms with Crippen LogP contribution in [0.15, 0.2) is 6.07 Å². The first-order chi connectivity index (χ1) is 9.90. The van der Waals surface area contributed by atoms with Gasteiger partial charge in [-0.25, -0.2) is 0 Å². The molecule has 0 atom stereocenters. The van der Waals surface area contributed by atoms with Crippen molar-refractivity contribution in [3.63, 3.8) is 0 Å². The Labute approximate surface area is 128 Å². The number of nitrogens with one attached hydrogen (secondary N) is 1. The molecule has 0 unspecified atom stereocenters. The Morgan fingerprint density at radius 2 is 1.95 bits per heavy atom. The van der Waals surface area contributed by atoms with Crippen molar-refractivity contribution in [1.82, 2.24) is 20.0 Å². The largest absolute Gasteiger partial charge is 0.308 e. The highest BCUT2D eigenvalue weighted by Gasteiger charge is 2.43. The van der Waals surface area contributed by atoms with Crippen molar-refractivity contribution in [3.05, 3.63) is 17.5 Å². The van der Waals surface area contributed by atoms with E-state index in [1.54, 1.807) is 0 Å². The first kappa shape index (κ1) is 15.0. The molecule has 1 N–H and O–H groups in total. The maximum Gasteiger partial charge on any atom is 0.0597 e. The third kappa shape index (κ3) is 3.02. The normalized spacial score (nSPS) is 25.3. The molecular weight excluding hydrogens is 260 g/mol. The number of piperazine rings is 1. The van der Waals surface area contributed by atoms with Gasteiger partial charge in [0.1, 0.15) is 0 Å². The number of aryl methyl sites for hydroxylation is 2. The molecule has 1 saturated heterocycles. The van der Waals surface area contributed by atoms with Gasteiger partial charge in [0.05, 0.1) is 11.4 Å². The molecule has 21 heavy (non-hydrogen) atoms. The lowest BCUT2D eigenvalue weighted by Gasteiger charge is -2.53. The van der Waals surface area contributed by atoms with Crippen LogP contribution in [0.2, 0.25) is 0 Å². The van der Waals surface area contributed by atoms with E-state index in [-0.39, 0.29) is 5.54 Å². The fourth-order valence-electron chi connectivity index (χ4n) is 3.99. The van der Waals surface area contributed by atoms with Crippen molar-refractivity contribution >= 4 is 0 Å². The monoisotopic (exact) mass is 290 g/mol.